The van der Waals surface area contributed by atoms with E-state index in [0.717, 1.165) is 11.1 Å². The van der Waals surface area contributed by atoms with Gasteiger partial charge in [-0.05, 0) is 30.7 Å². The lowest BCUT2D eigenvalue weighted by Gasteiger charge is -1.98. The van der Waals surface area contributed by atoms with E-state index in [2.05, 4.69) is 10.1 Å². The minimum atomic E-state index is -0.987. The van der Waals surface area contributed by atoms with Crippen LogP contribution in [0.2, 0.25) is 0 Å². The van der Waals surface area contributed by atoms with Crippen LogP contribution in [0.15, 0.2) is 53.1 Å². The fraction of sp³-hybridized carbons (Fsp3) is 0.0625. The summed E-state index contributed by atoms with van der Waals surface area (Å²) in [5.41, 5.74) is 2.70. The molecule has 5 nitrogen and oxygen atoms in total. The average molecular weight is 280 g/mol. The summed E-state index contributed by atoms with van der Waals surface area (Å²) in [6.45, 7) is 1.96. The number of aromatic nitrogens is 2. The molecule has 104 valence electrons. The topological polar surface area (TPSA) is 76.2 Å². The third kappa shape index (κ3) is 2.53. The Morgan fingerprint density at radius 3 is 2.71 bits per heavy atom. The van der Waals surface area contributed by atoms with Crippen molar-refractivity contribution in [3.63, 3.8) is 0 Å². The number of aromatic carboxylic acids is 1. The highest BCUT2D eigenvalue weighted by atomic mass is 16.5. The van der Waals surface area contributed by atoms with E-state index in [0.29, 0.717) is 17.3 Å². The second-order valence-corrected chi connectivity index (χ2v) is 4.62. The second kappa shape index (κ2) is 5.20. The zero-order valence-electron chi connectivity index (χ0n) is 11.3. The van der Waals surface area contributed by atoms with E-state index < -0.39 is 5.97 Å². The Bertz CT molecular complexity index is 809. The van der Waals surface area contributed by atoms with Crippen molar-refractivity contribution in [3.8, 4) is 22.8 Å². The number of carboxylic acid groups (broad SMARTS) is 1. The largest absolute Gasteiger partial charge is 0.478 e. The first-order valence-corrected chi connectivity index (χ1v) is 6.38. The van der Waals surface area contributed by atoms with Crippen molar-refractivity contribution in [3.05, 3.63) is 59.7 Å². The quantitative estimate of drug-likeness (QED) is 0.795. The van der Waals surface area contributed by atoms with Crippen molar-refractivity contribution < 1.29 is 14.4 Å². The summed E-state index contributed by atoms with van der Waals surface area (Å²) in [6.07, 6.45) is 0. The van der Waals surface area contributed by atoms with E-state index in [1.165, 1.54) is 12.1 Å². The van der Waals surface area contributed by atoms with Gasteiger partial charge in [-0.15, -0.1) is 0 Å². The molecule has 0 bridgehead atoms. The summed E-state index contributed by atoms with van der Waals surface area (Å²) in [7, 11) is 0. The molecule has 0 amide bonds. The van der Waals surface area contributed by atoms with E-state index in [1.807, 2.05) is 31.2 Å². The number of nitrogens with zero attached hydrogens (tertiary/aromatic N) is 2. The van der Waals surface area contributed by atoms with Crippen LogP contribution in [0.3, 0.4) is 0 Å². The molecule has 0 aliphatic rings. The number of aryl methyl sites for hydroxylation is 1. The molecule has 0 saturated carbocycles. The Labute approximate surface area is 120 Å². The van der Waals surface area contributed by atoms with Gasteiger partial charge in [-0.2, -0.15) is 4.98 Å². The fourth-order valence-corrected chi connectivity index (χ4v) is 2.05. The van der Waals surface area contributed by atoms with Crippen LogP contribution in [-0.4, -0.2) is 21.2 Å². The normalized spacial score (nSPS) is 10.5. The van der Waals surface area contributed by atoms with Gasteiger partial charge in [0.15, 0.2) is 0 Å². The van der Waals surface area contributed by atoms with Crippen molar-refractivity contribution in [1.82, 2.24) is 10.1 Å². The molecule has 1 heterocycles. The first-order chi connectivity index (χ1) is 10.1. The summed E-state index contributed by atoms with van der Waals surface area (Å²) in [6, 6.07) is 14.2. The molecule has 0 aliphatic carbocycles. The molecule has 3 aromatic rings. The standard InChI is InChI=1S/C16H12N2O3/c1-10-5-2-3-8-13(10)15-17-14(18-21-15)11-6-4-7-12(9-11)16(19)20/h2-9H,1H3,(H,19,20). The summed E-state index contributed by atoms with van der Waals surface area (Å²) >= 11 is 0. The van der Waals surface area contributed by atoms with Gasteiger partial charge in [0.05, 0.1) is 5.56 Å². The molecule has 3 rings (SSSR count). The fourth-order valence-electron chi connectivity index (χ4n) is 2.05. The molecular formula is C16H12N2O3. The molecular weight excluding hydrogens is 268 g/mol. The maximum Gasteiger partial charge on any atom is 0.335 e. The highest BCUT2D eigenvalue weighted by Gasteiger charge is 2.13. The van der Waals surface area contributed by atoms with Crippen LogP contribution in [0, 0.1) is 6.92 Å². The highest BCUT2D eigenvalue weighted by molar-refractivity contribution is 5.89. The number of carboxylic acids is 1. The zero-order valence-corrected chi connectivity index (χ0v) is 11.3. The van der Waals surface area contributed by atoms with Crippen LogP contribution in [0.5, 0.6) is 0 Å². The smallest absolute Gasteiger partial charge is 0.335 e. The van der Waals surface area contributed by atoms with Gasteiger partial charge in [-0.25, -0.2) is 4.79 Å². The maximum atomic E-state index is 11.0. The van der Waals surface area contributed by atoms with Gasteiger partial charge >= 0.3 is 5.97 Å². The predicted octanol–water partition coefficient (Wildman–Crippen LogP) is 3.41. The summed E-state index contributed by atoms with van der Waals surface area (Å²) in [5.74, 6) is -0.195. The number of benzene rings is 2. The van der Waals surface area contributed by atoms with Crippen molar-refractivity contribution in [2.75, 3.05) is 0 Å². The Hall–Kier alpha value is -2.95. The molecule has 0 saturated heterocycles. The van der Waals surface area contributed by atoms with Crippen molar-refractivity contribution >= 4 is 5.97 Å². The molecule has 0 radical (unpaired) electrons. The van der Waals surface area contributed by atoms with Crippen LogP contribution in [0.1, 0.15) is 15.9 Å². The molecule has 1 aromatic heterocycles. The lowest BCUT2D eigenvalue weighted by Crippen LogP contribution is -1.96. The van der Waals surface area contributed by atoms with Crippen LogP contribution < -0.4 is 0 Å². The molecule has 0 spiro atoms. The van der Waals surface area contributed by atoms with Crippen molar-refractivity contribution in [1.29, 1.82) is 0 Å². The van der Waals surface area contributed by atoms with E-state index in [4.69, 9.17) is 9.63 Å². The molecule has 1 N–H and O–H groups in total. The molecule has 0 atom stereocenters. The van der Waals surface area contributed by atoms with Crippen LogP contribution in [-0.2, 0) is 0 Å². The minimum absolute atomic E-state index is 0.190. The maximum absolute atomic E-state index is 11.0. The van der Waals surface area contributed by atoms with Crippen molar-refractivity contribution in [2.45, 2.75) is 6.92 Å². The summed E-state index contributed by atoms with van der Waals surface area (Å²) < 4.78 is 5.28. The lowest BCUT2D eigenvalue weighted by atomic mass is 10.1. The monoisotopic (exact) mass is 280 g/mol. The number of carbonyl (C=O) groups is 1. The zero-order chi connectivity index (χ0) is 14.8. The Kier molecular flexibility index (Phi) is 3.23. The van der Waals surface area contributed by atoms with Crippen LogP contribution >= 0.6 is 0 Å². The molecule has 0 aliphatic heterocycles. The van der Waals surface area contributed by atoms with E-state index >= 15 is 0 Å². The van der Waals surface area contributed by atoms with E-state index in [-0.39, 0.29) is 5.56 Å². The highest BCUT2D eigenvalue weighted by Crippen LogP contribution is 2.24. The van der Waals surface area contributed by atoms with Gasteiger partial charge in [0.1, 0.15) is 0 Å². The first-order valence-electron chi connectivity index (χ1n) is 6.38. The third-order valence-corrected chi connectivity index (χ3v) is 3.17. The van der Waals surface area contributed by atoms with Gasteiger partial charge in [0, 0.05) is 11.1 Å². The summed E-state index contributed by atoms with van der Waals surface area (Å²) in [5, 5.41) is 12.9. The third-order valence-electron chi connectivity index (χ3n) is 3.17. The molecule has 5 heteroatoms. The second-order valence-electron chi connectivity index (χ2n) is 4.62. The lowest BCUT2D eigenvalue weighted by molar-refractivity contribution is 0.0697. The molecule has 0 fully saturated rings. The van der Waals surface area contributed by atoms with Crippen molar-refractivity contribution in [2.24, 2.45) is 0 Å². The van der Waals surface area contributed by atoms with Gasteiger partial charge in [0.25, 0.3) is 5.89 Å². The molecule has 2 aromatic carbocycles. The number of hydrogen-bond acceptors (Lipinski definition) is 4. The predicted molar refractivity (Wildman–Crippen MR) is 76.9 cm³/mol. The minimum Gasteiger partial charge on any atom is -0.478 e. The van der Waals surface area contributed by atoms with E-state index in [9.17, 15) is 4.79 Å². The summed E-state index contributed by atoms with van der Waals surface area (Å²) in [4.78, 5) is 15.3. The van der Waals surface area contributed by atoms with Gasteiger partial charge in [0.2, 0.25) is 5.82 Å². The Balaban J connectivity index is 2.01. The SMILES string of the molecule is Cc1ccccc1-c1nc(-c2cccc(C(=O)O)c2)no1. The molecule has 21 heavy (non-hydrogen) atoms. The van der Waals surface area contributed by atoms with Gasteiger partial charge < -0.3 is 9.63 Å². The van der Waals surface area contributed by atoms with Crippen LogP contribution in [0.25, 0.3) is 22.8 Å². The van der Waals surface area contributed by atoms with Crippen LogP contribution in [0.4, 0.5) is 0 Å². The first kappa shape index (κ1) is 13.1. The Morgan fingerprint density at radius 1 is 1.14 bits per heavy atom. The molecule has 0 unspecified atom stereocenters. The van der Waals surface area contributed by atoms with Gasteiger partial charge in [-0.1, -0.05) is 35.5 Å². The number of rotatable bonds is 3. The Morgan fingerprint density at radius 2 is 1.95 bits per heavy atom. The van der Waals surface area contributed by atoms with E-state index in [1.54, 1.807) is 12.1 Å². The average Bonchev–Trinajstić information content (AvgIpc) is 2.97. The number of hydrogen-bond donors (Lipinski definition) is 1. The van der Waals surface area contributed by atoms with Gasteiger partial charge in [-0.3, -0.25) is 0 Å².